The van der Waals surface area contributed by atoms with Gasteiger partial charge in [0.15, 0.2) is 0 Å². The van der Waals surface area contributed by atoms with E-state index < -0.39 is 5.60 Å². The first kappa shape index (κ1) is 19.2. The minimum atomic E-state index is -0.446. The molecule has 2 rings (SSSR count). The topological polar surface area (TPSA) is 52.6 Å². The zero-order chi connectivity index (χ0) is 17.7. The first-order valence-electron chi connectivity index (χ1n) is 7.94. The van der Waals surface area contributed by atoms with Crippen LogP contribution in [0.5, 0.6) is 5.75 Å². The lowest BCUT2D eigenvalue weighted by atomic mass is 10.1. The Bertz CT molecular complexity index is 578. The summed E-state index contributed by atoms with van der Waals surface area (Å²) in [5.74, 6) is 2.05. The SMILES string of the molecule is COc1ccc(C(=O)SCC2CC(C(=O)OC(C)(C)C)CS2)cc1. The van der Waals surface area contributed by atoms with Gasteiger partial charge in [-0.2, -0.15) is 11.8 Å². The third kappa shape index (κ3) is 5.74. The molecular formula is C18H24O4S2. The summed E-state index contributed by atoms with van der Waals surface area (Å²) in [4.78, 5) is 24.3. The summed E-state index contributed by atoms with van der Waals surface area (Å²) in [5, 5.41) is 0.369. The van der Waals surface area contributed by atoms with E-state index in [9.17, 15) is 9.59 Å². The maximum Gasteiger partial charge on any atom is 0.310 e. The van der Waals surface area contributed by atoms with Crippen LogP contribution in [0.1, 0.15) is 37.6 Å². The van der Waals surface area contributed by atoms with Gasteiger partial charge >= 0.3 is 5.97 Å². The zero-order valence-electron chi connectivity index (χ0n) is 14.5. The highest BCUT2D eigenvalue weighted by Crippen LogP contribution is 2.35. The number of esters is 1. The van der Waals surface area contributed by atoms with E-state index >= 15 is 0 Å². The van der Waals surface area contributed by atoms with E-state index in [4.69, 9.17) is 9.47 Å². The van der Waals surface area contributed by atoms with Crippen molar-refractivity contribution >= 4 is 34.6 Å². The average molecular weight is 369 g/mol. The monoisotopic (exact) mass is 368 g/mol. The maximum absolute atomic E-state index is 12.2. The fourth-order valence-corrected chi connectivity index (χ4v) is 4.86. The van der Waals surface area contributed by atoms with Crippen LogP contribution in [0.15, 0.2) is 24.3 Å². The Labute approximate surface area is 152 Å². The van der Waals surface area contributed by atoms with Crippen molar-refractivity contribution < 1.29 is 19.1 Å². The molecule has 0 bridgehead atoms. The number of methoxy groups -OCH3 is 1. The van der Waals surface area contributed by atoms with E-state index in [1.54, 1.807) is 43.1 Å². The largest absolute Gasteiger partial charge is 0.497 e. The van der Waals surface area contributed by atoms with Gasteiger partial charge in [0.2, 0.25) is 5.12 Å². The zero-order valence-corrected chi connectivity index (χ0v) is 16.2. The van der Waals surface area contributed by atoms with Gasteiger partial charge in [-0.1, -0.05) is 11.8 Å². The molecule has 1 heterocycles. The molecule has 2 atom stereocenters. The molecule has 1 aromatic carbocycles. The molecule has 6 heteroatoms. The second kappa shape index (κ2) is 8.30. The van der Waals surface area contributed by atoms with Crippen LogP contribution >= 0.6 is 23.5 Å². The van der Waals surface area contributed by atoms with Crippen molar-refractivity contribution in [3.05, 3.63) is 29.8 Å². The van der Waals surface area contributed by atoms with Crippen molar-refractivity contribution in [1.29, 1.82) is 0 Å². The number of hydrogen-bond acceptors (Lipinski definition) is 6. The molecule has 1 aliphatic heterocycles. The summed E-state index contributed by atoms with van der Waals surface area (Å²) in [5.41, 5.74) is 0.228. The molecular weight excluding hydrogens is 344 g/mol. The highest BCUT2D eigenvalue weighted by Gasteiger charge is 2.33. The highest BCUT2D eigenvalue weighted by atomic mass is 32.2. The molecule has 0 spiro atoms. The molecule has 1 aromatic rings. The second-order valence-corrected chi connectivity index (χ2v) is 9.07. The van der Waals surface area contributed by atoms with Gasteiger partial charge < -0.3 is 9.47 Å². The van der Waals surface area contributed by atoms with Crippen LogP contribution in [-0.4, -0.2) is 40.6 Å². The maximum atomic E-state index is 12.2. The smallest absolute Gasteiger partial charge is 0.310 e. The van der Waals surface area contributed by atoms with Crippen molar-refractivity contribution in [2.45, 2.75) is 38.0 Å². The van der Waals surface area contributed by atoms with E-state index in [-0.39, 0.29) is 17.0 Å². The van der Waals surface area contributed by atoms with Gasteiger partial charge in [0.1, 0.15) is 11.4 Å². The second-order valence-electron chi connectivity index (χ2n) is 6.75. The third-order valence-electron chi connectivity index (χ3n) is 3.55. The van der Waals surface area contributed by atoms with Crippen molar-refractivity contribution in [1.82, 2.24) is 0 Å². The third-order valence-corrected chi connectivity index (χ3v) is 6.25. The van der Waals surface area contributed by atoms with Crippen LogP contribution in [0.2, 0.25) is 0 Å². The molecule has 0 aromatic heterocycles. The van der Waals surface area contributed by atoms with Crippen molar-refractivity contribution in [2.75, 3.05) is 18.6 Å². The normalized spacial score (nSPS) is 20.7. The predicted molar refractivity (Wildman–Crippen MR) is 100.0 cm³/mol. The Kier molecular flexibility index (Phi) is 6.63. The Morgan fingerprint density at radius 1 is 1.25 bits per heavy atom. The number of ether oxygens (including phenoxy) is 2. The van der Waals surface area contributed by atoms with E-state index in [2.05, 4.69) is 0 Å². The Morgan fingerprint density at radius 3 is 2.50 bits per heavy atom. The Hall–Kier alpha value is -1.14. The number of thioether (sulfide) groups is 2. The fraction of sp³-hybridized carbons (Fsp3) is 0.556. The van der Waals surface area contributed by atoms with Gasteiger partial charge in [0, 0.05) is 22.3 Å². The molecule has 1 saturated heterocycles. The van der Waals surface area contributed by atoms with Crippen molar-refractivity contribution in [3.8, 4) is 5.75 Å². The highest BCUT2D eigenvalue weighted by molar-refractivity contribution is 8.15. The minimum Gasteiger partial charge on any atom is -0.497 e. The Balaban J connectivity index is 1.78. The summed E-state index contributed by atoms with van der Waals surface area (Å²) in [6, 6.07) is 7.13. The van der Waals surface area contributed by atoms with Crippen molar-refractivity contribution in [3.63, 3.8) is 0 Å². The molecule has 132 valence electrons. The van der Waals surface area contributed by atoms with Gasteiger partial charge in [-0.05, 0) is 51.5 Å². The quantitative estimate of drug-likeness (QED) is 0.732. The van der Waals surface area contributed by atoms with E-state index in [0.717, 1.165) is 23.7 Å². The van der Waals surface area contributed by atoms with Crippen LogP contribution in [0.25, 0.3) is 0 Å². The van der Waals surface area contributed by atoms with Gasteiger partial charge in [0.25, 0.3) is 0 Å². The van der Waals surface area contributed by atoms with Gasteiger partial charge in [0.05, 0.1) is 13.0 Å². The molecule has 4 nitrogen and oxygen atoms in total. The van der Waals surface area contributed by atoms with E-state index in [0.29, 0.717) is 10.8 Å². The van der Waals surface area contributed by atoms with Crippen LogP contribution in [0, 0.1) is 5.92 Å². The number of benzene rings is 1. The summed E-state index contributed by atoms with van der Waals surface area (Å²) in [6.07, 6.45) is 0.780. The Morgan fingerprint density at radius 2 is 1.92 bits per heavy atom. The molecule has 1 fully saturated rings. The summed E-state index contributed by atoms with van der Waals surface area (Å²) in [6.45, 7) is 5.65. The molecule has 24 heavy (non-hydrogen) atoms. The number of rotatable bonds is 5. The van der Waals surface area contributed by atoms with Crippen LogP contribution in [-0.2, 0) is 9.53 Å². The van der Waals surface area contributed by atoms with Crippen LogP contribution in [0.4, 0.5) is 0 Å². The van der Waals surface area contributed by atoms with Gasteiger partial charge in [-0.3, -0.25) is 9.59 Å². The van der Waals surface area contributed by atoms with Crippen LogP contribution < -0.4 is 4.74 Å². The fourth-order valence-electron chi connectivity index (χ4n) is 2.35. The van der Waals surface area contributed by atoms with Crippen molar-refractivity contribution in [2.24, 2.45) is 5.92 Å². The first-order chi connectivity index (χ1) is 11.3. The van der Waals surface area contributed by atoms with Gasteiger partial charge in [-0.25, -0.2) is 0 Å². The average Bonchev–Trinajstić information content (AvgIpc) is 3.00. The number of hydrogen-bond donors (Lipinski definition) is 0. The minimum absolute atomic E-state index is 0.0546. The molecule has 0 saturated carbocycles. The lowest BCUT2D eigenvalue weighted by Gasteiger charge is -2.21. The van der Waals surface area contributed by atoms with Gasteiger partial charge in [-0.15, -0.1) is 0 Å². The molecule has 0 radical (unpaired) electrons. The molecule has 0 N–H and O–H groups in total. The number of carbonyl (C=O) groups is 2. The lowest BCUT2D eigenvalue weighted by Crippen LogP contribution is -2.29. The van der Waals surface area contributed by atoms with E-state index in [1.165, 1.54) is 11.8 Å². The lowest BCUT2D eigenvalue weighted by molar-refractivity contribution is -0.159. The summed E-state index contributed by atoms with van der Waals surface area (Å²) >= 11 is 3.07. The molecule has 1 aliphatic rings. The van der Waals surface area contributed by atoms with Crippen LogP contribution in [0.3, 0.4) is 0 Å². The van der Waals surface area contributed by atoms with E-state index in [1.807, 2.05) is 20.8 Å². The molecule has 0 amide bonds. The predicted octanol–water partition coefficient (Wildman–Crippen LogP) is 4.03. The number of carbonyl (C=O) groups excluding carboxylic acids is 2. The molecule has 2 unspecified atom stereocenters. The molecule has 0 aliphatic carbocycles. The summed E-state index contributed by atoms with van der Waals surface area (Å²) in [7, 11) is 1.60. The standard InChI is InChI=1S/C18H24O4S2/c1-18(2,3)22-16(19)13-9-15(23-10-13)11-24-17(20)12-5-7-14(21-4)8-6-12/h5-8,13,15H,9-11H2,1-4H3. The first-order valence-corrected chi connectivity index (χ1v) is 9.97. The summed E-state index contributed by atoms with van der Waals surface area (Å²) < 4.78 is 10.5.